The predicted octanol–water partition coefficient (Wildman–Crippen LogP) is 1.84. The molecule has 0 amide bonds. The van der Waals surface area contributed by atoms with Crippen LogP contribution < -0.4 is 5.73 Å². The van der Waals surface area contributed by atoms with Crippen molar-refractivity contribution in [2.75, 3.05) is 12.3 Å². The zero-order valence-electron chi connectivity index (χ0n) is 8.71. The molecule has 0 aromatic carbocycles. The second-order valence-corrected chi connectivity index (χ2v) is 3.27. The summed E-state index contributed by atoms with van der Waals surface area (Å²) in [5.41, 5.74) is 6.10. The highest BCUT2D eigenvalue weighted by Gasteiger charge is 2.26. The van der Waals surface area contributed by atoms with Crippen LogP contribution in [0.5, 0.6) is 0 Å². The van der Waals surface area contributed by atoms with Crippen LogP contribution in [0.4, 0.5) is 19.0 Å². The molecule has 0 fully saturated rings. The highest BCUT2D eigenvalue weighted by atomic mass is 19.4. The number of ether oxygens (including phenoxy) is 1. The first-order chi connectivity index (χ1) is 7.37. The lowest BCUT2D eigenvalue weighted by Crippen LogP contribution is -2.12. The van der Waals surface area contributed by atoms with Gasteiger partial charge in [-0.2, -0.15) is 13.2 Å². The summed E-state index contributed by atoms with van der Waals surface area (Å²) in [5, 5.41) is 0. The van der Waals surface area contributed by atoms with Crippen LogP contribution in [-0.2, 0) is 11.3 Å². The molecule has 2 N–H and O–H groups in total. The molecule has 7 heteroatoms. The molecule has 0 bridgehead atoms. The van der Waals surface area contributed by atoms with Crippen molar-refractivity contribution >= 4 is 5.82 Å². The Morgan fingerprint density at radius 2 is 2.06 bits per heavy atom. The summed E-state index contributed by atoms with van der Waals surface area (Å²) in [5.74, 6) is 0.571. The van der Waals surface area contributed by atoms with Crippen molar-refractivity contribution < 1.29 is 17.9 Å². The van der Waals surface area contributed by atoms with E-state index >= 15 is 0 Å². The number of nitrogen functional groups attached to an aromatic ring is 1. The molecule has 0 atom stereocenters. The molecule has 1 rings (SSSR count). The average Bonchev–Trinajstić information content (AvgIpc) is 2.09. The summed E-state index contributed by atoms with van der Waals surface area (Å²) in [6.07, 6.45) is -5.18. The molecule has 1 aromatic rings. The standard InChI is InChI=1S/C9H12F3N3O/c1-6-4-7(13)15-8(14-6)5-16-3-2-9(10,11)12/h4H,2-3,5H2,1H3,(H2,13,14,15). The van der Waals surface area contributed by atoms with Gasteiger partial charge in [0, 0.05) is 11.8 Å². The molecule has 0 aliphatic rings. The van der Waals surface area contributed by atoms with Crippen molar-refractivity contribution in [1.82, 2.24) is 9.97 Å². The molecule has 4 nitrogen and oxygen atoms in total. The lowest BCUT2D eigenvalue weighted by molar-refractivity contribution is -0.146. The molecule has 0 aliphatic heterocycles. The van der Waals surface area contributed by atoms with Crippen molar-refractivity contribution in [2.45, 2.75) is 26.1 Å². The number of nitrogens with two attached hydrogens (primary N) is 1. The fraction of sp³-hybridized carbons (Fsp3) is 0.556. The Balaban J connectivity index is 2.37. The molecule has 1 aromatic heterocycles. The first-order valence-electron chi connectivity index (χ1n) is 4.61. The summed E-state index contributed by atoms with van der Waals surface area (Å²) in [4.78, 5) is 7.80. The normalized spacial score (nSPS) is 11.8. The van der Waals surface area contributed by atoms with E-state index in [2.05, 4.69) is 9.97 Å². The summed E-state index contributed by atoms with van der Waals surface area (Å²) < 4.78 is 40.1. The molecule has 90 valence electrons. The molecular weight excluding hydrogens is 223 g/mol. The van der Waals surface area contributed by atoms with E-state index in [1.807, 2.05) is 0 Å². The minimum Gasteiger partial charge on any atom is -0.384 e. The van der Waals surface area contributed by atoms with Gasteiger partial charge in [-0.25, -0.2) is 9.97 Å². The van der Waals surface area contributed by atoms with Gasteiger partial charge < -0.3 is 10.5 Å². The number of rotatable bonds is 4. The minimum atomic E-state index is -4.20. The molecular formula is C9H12F3N3O. The minimum absolute atomic E-state index is 0.0675. The van der Waals surface area contributed by atoms with Crippen molar-refractivity contribution in [2.24, 2.45) is 0 Å². The number of anilines is 1. The Hall–Kier alpha value is -1.37. The Kier molecular flexibility index (Phi) is 4.05. The van der Waals surface area contributed by atoms with Gasteiger partial charge in [-0.1, -0.05) is 0 Å². The maximum Gasteiger partial charge on any atom is 0.391 e. The SMILES string of the molecule is Cc1cc(N)nc(COCCC(F)(F)F)n1. The van der Waals surface area contributed by atoms with Gasteiger partial charge in [0.2, 0.25) is 0 Å². The fourth-order valence-corrected chi connectivity index (χ4v) is 1.07. The van der Waals surface area contributed by atoms with E-state index in [1.165, 1.54) is 0 Å². The quantitative estimate of drug-likeness (QED) is 0.809. The monoisotopic (exact) mass is 235 g/mol. The van der Waals surface area contributed by atoms with Crippen molar-refractivity contribution in [1.29, 1.82) is 0 Å². The van der Waals surface area contributed by atoms with E-state index in [-0.39, 0.29) is 12.4 Å². The second kappa shape index (κ2) is 5.11. The molecule has 16 heavy (non-hydrogen) atoms. The Morgan fingerprint density at radius 1 is 1.38 bits per heavy atom. The number of nitrogens with zero attached hydrogens (tertiary/aromatic N) is 2. The smallest absolute Gasteiger partial charge is 0.384 e. The molecule has 0 saturated heterocycles. The summed E-state index contributed by atoms with van der Waals surface area (Å²) in [6, 6.07) is 1.57. The molecule has 0 saturated carbocycles. The van der Waals surface area contributed by atoms with Gasteiger partial charge in [-0.15, -0.1) is 0 Å². The van der Waals surface area contributed by atoms with Gasteiger partial charge >= 0.3 is 6.18 Å². The molecule has 0 aliphatic carbocycles. The van der Waals surface area contributed by atoms with Crippen molar-refractivity contribution in [3.8, 4) is 0 Å². The van der Waals surface area contributed by atoms with Crippen LogP contribution in [0.2, 0.25) is 0 Å². The van der Waals surface area contributed by atoms with Gasteiger partial charge in [0.1, 0.15) is 12.4 Å². The van der Waals surface area contributed by atoms with E-state index in [4.69, 9.17) is 10.5 Å². The van der Waals surface area contributed by atoms with E-state index in [0.29, 0.717) is 11.5 Å². The number of aromatic nitrogens is 2. The third kappa shape index (κ3) is 4.92. The highest BCUT2D eigenvalue weighted by Crippen LogP contribution is 2.19. The maximum atomic E-state index is 11.8. The van der Waals surface area contributed by atoms with Gasteiger partial charge in [-0.3, -0.25) is 0 Å². The lowest BCUT2D eigenvalue weighted by Gasteiger charge is -2.07. The highest BCUT2D eigenvalue weighted by molar-refractivity contribution is 5.28. The Labute approximate surface area is 90.6 Å². The number of hydrogen-bond acceptors (Lipinski definition) is 4. The Bertz CT molecular complexity index is 334. The van der Waals surface area contributed by atoms with Crippen LogP contribution >= 0.6 is 0 Å². The second-order valence-electron chi connectivity index (χ2n) is 3.27. The van der Waals surface area contributed by atoms with E-state index < -0.39 is 19.2 Å². The average molecular weight is 235 g/mol. The molecule has 1 heterocycles. The van der Waals surface area contributed by atoms with E-state index in [0.717, 1.165) is 0 Å². The van der Waals surface area contributed by atoms with Crippen LogP contribution in [0.1, 0.15) is 17.9 Å². The third-order valence-corrected chi connectivity index (χ3v) is 1.68. The Morgan fingerprint density at radius 3 is 2.62 bits per heavy atom. The molecule has 0 radical (unpaired) electrons. The predicted molar refractivity (Wildman–Crippen MR) is 51.5 cm³/mol. The van der Waals surface area contributed by atoms with E-state index in [9.17, 15) is 13.2 Å². The summed E-state index contributed by atoms with van der Waals surface area (Å²) in [6.45, 7) is 1.25. The van der Waals surface area contributed by atoms with Crippen LogP contribution in [0.15, 0.2) is 6.07 Å². The van der Waals surface area contributed by atoms with Gasteiger partial charge in [0.05, 0.1) is 13.0 Å². The fourth-order valence-electron chi connectivity index (χ4n) is 1.07. The summed E-state index contributed by atoms with van der Waals surface area (Å²) in [7, 11) is 0. The zero-order chi connectivity index (χ0) is 12.2. The van der Waals surface area contributed by atoms with Crippen LogP contribution in [-0.4, -0.2) is 22.8 Å². The summed E-state index contributed by atoms with van der Waals surface area (Å²) >= 11 is 0. The maximum absolute atomic E-state index is 11.8. The van der Waals surface area contributed by atoms with Gasteiger partial charge in [0.15, 0.2) is 5.82 Å². The first kappa shape index (κ1) is 12.7. The topological polar surface area (TPSA) is 61.0 Å². The van der Waals surface area contributed by atoms with Crippen molar-refractivity contribution in [3.05, 3.63) is 17.6 Å². The first-order valence-corrected chi connectivity index (χ1v) is 4.61. The van der Waals surface area contributed by atoms with Gasteiger partial charge in [0.25, 0.3) is 0 Å². The van der Waals surface area contributed by atoms with E-state index in [1.54, 1.807) is 13.0 Å². The zero-order valence-corrected chi connectivity index (χ0v) is 8.71. The molecule has 0 unspecified atom stereocenters. The number of aryl methyl sites for hydroxylation is 1. The number of hydrogen-bond donors (Lipinski definition) is 1. The largest absolute Gasteiger partial charge is 0.391 e. The van der Waals surface area contributed by atoms with Crippen LogP contribution in [0, 0.1) is 6.92 Å². The van der Waals surface area contributed by atoms with Gasteiger partial charge in [-0.05, 0) is 6.92 Å². The third-order valence-electron chi connectivity index (χ3n) is 1.68. The lowest BCUT2D eigenvalue weighted by atomic mass is 10.4. The number of alkyl halides is 3. The van der Waals surface area contributed by atoms with Crippen LogP contribution in [0.3, 0.4) is 0 Å². The van der Waals surface area contributed by atoms with Crippen LogP contribution in [0.25, 0.3) is 0 Å². The number of halogens is 3. The molecule has 0 spiro atoms. The van der Waals surface area contributed by atoms with Crippen molar-refractivity contribution in [3.63, 3.8) is 0 Å².